The van der Waals surface area contributed by atoms with Crippen molar-refractivity contribution < 1.29 is 18.8 Å². The first-order valence-corrected chi connectivity index (χ1v) is 8.15. The molecular formula is C16H23N3O4. The lowest BCUT2D eigenvalue weighted by molar-refractivity contribution is -0.147. The van der Waals surface area contributed by atoms with Crippen LogP contribution in [0.2, 0.25) is 0 Å². The van der Waals surface area contributed by atoms with E-state index in [4.69, 9.17) is 9.26 Å². The summed E-state index contributed by atoms with van der Waals surface area (Å²) >= 11 is 0. The van der Waals surface area contributed by atoms with Gasteiger partial charge >= 0.3 is 0 Å². The Balaban J connectivity index is 1.95. The maximum Gasteiger partial charge on any atom is 0.242 e. The summed E-state index contributed by atoms with van der Waals surface area (Å²) in [7, 11) is 0. The third-order valence-corrected chi connectivity index (χ3v) is 4.84. The highest BCUT2D eigenvalue weighted by Gasteiger charge is 2.48. The first-order chi connectivity index (χ1) is 11.0. The van der Waals surface area contributed by atoms with Crippen molar-refractivity contribution in [3.63, 3.8) is 0 Å². The average Bonchev–Trinajstić information content (AvgIpc) is 2.94. The molecule has 2 aliphatic rings. The minimum Gasteiger partial charge on any atom is -0.381 e. The predicted molar refractivity (Wildman–Crippen MR) is 81.8 cm³/mol. The Morgan fingerprint density at radius 3 is 2.83 bits per heavy atom. The minimum absolute atomic E-state index is 0.0542. The molecule has 2 fully saturated rings. The van der Waals surface area contributed by atoms with Crippen LogP contribution in [0.25, 0.3) is 0 Å². The Kier molecular flexibility index (Phi) is 4.39. The fourth-order valence-corrected chi connectivity index (χ4v) is 3.37. The molecule has 23 heavy (non-hydrogen) atoms. The molecular weight excluding hydrogens is 298 g/mol. The van der Waals surface area contributed by atoms with Crippen molar-refractivity contribution in [2.75, 3.05) is 26.3 Å². The predicted octanol–water partition coefficient (Wildman–Crippen LogP) is 0.768. The Morgan fingerprint density at radius 2 is 2.17 bits per heavy atom. The highest BCUT2D eigenvalue weighted by Crippen LogP contribution is 2.38. The van der Waals surface area contributed by atoms with E-state index < -0.39 is 11.5 Å². The number of carbonyl (C=O) groups is 2. The van der Waals surface area contributed by atoms with Crippen molar-refractivity contribution >= 4 is 11.8 Å². The first-order valence-electron chi connectivity index (χ1n) is 8.15. The third kappa shape index (κ3) is 2.85. The molecule has 0 aromatic carbocycles. The highest BCUT2D eigenvalue weighted by molar-refractivity contribution is 5.93. The Labute approximate surface area is 135 Å². The molecule has 2 saturated heterocycles. The van der Waals surface area contributed by atoms with Gasteiger partial charge in [-0.2, -0.15) is 0 Å². The number of rotatable bonds is 2. The molecule has 1 N–H and O–H groups in total. The molecule has 7 heteroatoms. The lowest BCUT2D eigenvalue weighted by Gasteiger charge is -2.39. The lowest BCUT2D eigenvalue weighted by Crippen LogP contribution is -2.54. The Bertz CT molecular complexity index is 592. The van der Waals surface area contributed by atoms with Crippen LogP contribution in [0, 0.1) is 6.92 Å². The lowest BCUT2D eigenvalue weighted by atomic mass is 9.76. The number of amides is 2. The Hall–Kier alpha value is -1.89. The number of ether oxygens (including phenoxy) is 1. The van der Waals surface area contributed by atoms with Gasteiger partial charge in [-0.05, 0) is 33.1 Å². The zero-order valence-corrected chi connectivity index (χ0v) is 13.6. The van der Waals surface area contributed by atoms with Crippen molar-refractivity contribution in [3.05, 3.63) is 17.5 Å². The van der Waals surface area contributed by atoms with Crippen molar-refractivity contribution in [1.82, 2.24) is 15.4 Å². The van der Waals surface area contributed by atoms with E-state index in [0.29, 0.717) is 44.9 Å². The second-order valence-electron chi connectivity index (χ2n) is 6.35. The fraction of sp³-hybridized carbons (Fsp3) is 0.688. The molecule has 1 atom stereocenters. The van der Waals surface area contributed by atoms with Crippen LogP contribution < -0.4 is 5.32 Å². The third-order valence-electron chi connectivity index (χ3n) is 4.84. The van der Waals surface area contributed by atoms with E-state index in [1.807, 2.05) is 13.0 Å². The summed E-state index contributed by atoms with van der Waals surface area (Å²) in [6, 6.07) is 1.35. The van der Waals surface area contributed by atoms with Crippen LogP contribution in [0.3, 0.4) is 0 Å². The molecule has 3 heterocycles. The zero-order valence-electron chi connectivity index (χ0n) is 13.6. The second-order valence-corrected chi connectivity index (χ2v) is 6.35. The zero-order chi connectivity index (χ0) is 16.4. The van der Waals surface area contributed by atoms with Gasteiger partial charge < -0.3 is 19.5 Å². The van der Waals surface area contributed by atoms with Gasteiger partial charge in [0.05, 0.1) is 5.69 Å². The number of nitrogens with one attached hydrogen (secondary N) is 1. The van der Waals surface area contributed by atoms with Crippen molar-refractivity contribution in [3.8, 4) is 0 Å². The topological polar surface area (TPSA) is 84.7 Å². The molecule has 0 saturated carbocycles. The van der Waals surface area contributed by atoms with Gasteiger partial charge in [0.2, 0.25) is 11.8 Å². The normalized spacial score (nSPS) is 24.9. The number of nitrogens with zero attached hydrogens (tertiary/aromatic N) is 2. The van der Waals surface area contributed by atoms with Crippen LogP contribution in [-0.4, -0.2) is 54.2 Å². The summed E-state index contributed by atoms with van der Waals surface area (Å²) in [5.41, 5.74) is -0.0291. The van der Waals surface area contributed by atoms with Crippen LogP contribution in [-0.2, 0) is 19.7 Å². The molecule has 3 rings (SSSR count). The van der Waals surface area contributed by atoms with Gasteiger partial charge in [-0.25, -0.2) is 0 Å². The van der Waals surface area contributed by atoms with E-state index in [-0.39, 0.29) is 11.8 Å². The number of aryl methyl sites for hydroxylation is 1. The van der Waals surface area contributed by atoms with Gasteiger partial charge in [0.25, 0.3) is 0 Å². The summed E-state index contributed by atoms with van der Waals surface area (Å²) in [6.07, 6.45) is 1.85. The van der Waals surface area contributed by atoms with Gasteiger partial charge in [-0.15, -0.1) is 0 Å². The van der Waals surface area contributed by atoms with Crippen molar-refractivity contribution in [2.45, 2.75) is 44.6 Å². The van der Waals surface area contributed by atoms with E-state index in [1.165, 1.54) is 0 Å². The van der Waals surface area contributed by atoms with E-state index >= 15 is 0 Å². The van der Waals surface area contributed by atoms with Crippen LogP contribution in [0.1, 0.15) is 37.6 Å². The molecule has 0 aliphatic carbocycles. The molecule has 1 aromatic heterocycles. The number of carbonyl (C=O) groups excluding carboxylic acids is 2. The number of hydrogen-bond donors (Lipinski definition) is 1. The molecule has 1 unspecified atom stereocenters. The van der Waals surface area contributed by atoms with Gasteiger partial charge in [0.15, 0.2) is 5.76 Å². The molecule has 126 valence electrons. The molecule has 2 amide bonds. The monoisotopic (exact) mass is 321 g/mol. The van der Waals surface area contributed by atoms with Gasteiger partial charge in [0.1, 0.15) is 11.5 Å². The van der Waals surface area contributed by atoms with E-state index in [0.717, 1.165) is 12.1 Å². The summed E-state index contributed by atoms with van der Waals surface area (Å²) < 4.78 is 10.9. The molecule has 7 nitrogen and oxygen atoms in total. The van der Waals surface area contributed by atoms with Gasteiger partial charge in [0, 0.05) is 32.4 Å². The van der Waals surface area contributed by atoms with Crippen molar-refractivity contribution in [1.29, 1.82) is 0 Å². The summed E-state index contributed by atoms with van der Waals surface area (Å²) in [4.78, 5) is 27.2. The molecule has 0 spiro atoms. The smallest absolute Gasteiger partial charge is 0.242 e. The van der Waals surface area contributed by atoms with Crippen LogP contribution in [0.4, 0.5) is 0 Å². The SMILES string of the molecule is Cc1cc(C2(C(=O)N3CCCNC(=O)C3C)CCOCC2)on1. The molecule has 1 aromatic rings. The van der Waals surface area contributed by atoms with E-state index in [9.17, 15) is 9.59 Å². The van der Waals surface area contributed by atoms with Gasteiger partial charge in [-0.3, -0.25) is 9.59 Å². The van der Waals surface area contributed by atoms with Crippen molar-refractivity contribution in [2.24, 2.45) is 0 Å². The summed E-state index contributed by atoms with van der Waals surface area (Å²) in [5.74, 6) is 0.425. The molecule has 2 aliphatic heterocycles. The largest absolute Gasteiger partial charge is 0.381 e. The Morgan fingerprint density at radius 1 is 1.43 bits per heavy atom. The average molecular weight is 321 g/mol. The first kappa shape index (κ1) is 16.0. The summed E-state index contributed by atoms with van der Waals surface area (Å²) in [6.45, 7) is 5.78. The highest BCUT2D eigenvalue weighted by atomic mass is 16.5. The van der Waals surface area contributed by atoms with E-state index in [2.05, 4.69) is 10.5 Å². The quantitative estimate of drug-likeness (QED) is 0.869. The number of aromatic nitrogens is 1. The van der Waals surface area contributed by atoms with E-state index in [1.54, 1.807) is 11.8 Å². The van der Waals surface area contributed by atoms with Crippen LogP contribution in [0.15, 0.2) is 10.6 Å². The fourth-order valence-electron chi connectivity index (χ4n) is 3.37. The maximum absolute atomic E-state index is 13.4. The molecule has 0 radical (unpaired) electrons. The van der Waals surface area contributed by atoms with Crippen LogP contribution >= 0.6 is 0 Å². The molecule has 0 bridgehead atoms. The standard InChI is InChI=1S/C16H23N3O4/c1-11-10-13(23-18-11)16(4-8-22-9-5-16)15(21)19-7-3-6-17-14(20)12(19)2/h10,12H,3-9H2,1-2H3,(H,17,20). The maximum atomic E-state index is 13.4. The number of hydrogen-bond acceptors (Lipinski definition) is 5. The summed E-state index contributed by atoms with van der Waals surface area (Å²) in [5, 5.41) is 6.80. The van der Waals surface area contributed by atoms with Gasteiger partial charge in [-0.1, -0.05) is 5.16 Å². The van der Waals surface area contributed by atoms with Crippen LogP contribution in [0.5, 0.6) is 0 Å². The minimum atomic E-state index is -0.779. The second kappa shape index (κ2) is 6.31.